The zero-order chi connectivity index (χ0) is 28.5. The van der Waals surface area contributed by atoms with Gasteiger partial charge in [0.25, 0.3) is 0 Å². The van der Waals surface area contributed by atoms with E-state index >= 15 is 0 Å². The minimum absolute atomic E-state index is 0.0716. The van der Waals surface area contributed by atoms with E-state index in [0.717, 1.165) is 53.7 Å². The van der Waals surface area contributed by atoms with Crippen LogP contribution in [0.1, 0.15) is 11.1 Å². The Morgan fingerprint density at radius 3 is 1.40 bits per heavy atom. The van der Waals surface area contributed by atoms with Crippen LogP contribution < -0.4 is 20.1 Å². The number of nitrogens with zero attached hydrogens (tertiary/aromatic N) is 2. The predicted molar refractivity (Wildman–Crippen MR) is 164 cm³/mol. The van der Waals surface area contributed by atoms with Crippen LogP contribution in [0.2, 0.25) is 0 Å². The lowest BCUT2D eigenvalue weighted by Crippen LogP contribution is -2.18. The second-order valence-electron chi connectivity index (χ2n) is 8.86. The first-order valence-corrected chi connectivity index (χ1v) is 14.4. The number of aliphatic hydroxyl groups is 2. The lowest BCUT2D eigenvalue weighted by Gasteiger charge is -2.16. The lowest BCUT2D eigenvalue weighted by molar-refractivity contribution is 0.291. The van der Waals surface area contributed by atoms with E-state index in [-0.39, 0.29) is 13.2 Å². The summed E-state index contributed by atoms with van der Waals surface area (Å²) in [5.74, 6) is 1.08. The summed E-state index contributed by atoms with van der Waals surface area (Å²) in [6.45, 7) is 2.25. The van der Waals surface area contributed by atoms with Crippen molar-refractivity contribution in [3.63, 3.8) is 0 Å². The number of methoxy groups -OCH3 is 2. The number of hydrogen-bond acceptors (Lipinski definition) is 8. The summed E-state index contributed by atoms with van der Waals surface area (Å²) in [5, 5.41) is 24.4. The molecule has 0 atom stereocenters. The number of pyridine rings is 2. The normalized spacial score (nSPS) is 11.1. The third-order valence-electron chi connectivity index (χ3n) is 6.31. The molecule has 0 aliphatic heterocycles. The van der Waals surface area contributed by atoms with Crippen molar-refractivity contribution < 1.29 is 19.7 Å². The van der Waals surface area contributed by atoms with E-state index in [2.05, 4.69) is 54.6 Å². The van der Waals surface area contributed by atoms with Gasteiger partial charge in [-0.25, -0.2) is 9.97 Å². The third kappa shape index (κ3) is 6.88. The number of halogens is 2. The van der Waals surface area contributed by atoms with Crippen molar-refractivity contribution in [1.29, 1.82) is 0 Å². The monoisotopic (exact) mass is 670 g/mol. The summed E-state index contributed by atoms with van der Waals surface area (Å²) >= 11 is 7.69. The van der Waals surface area contributed by atoms with Gasteiger partial charge in [0.2, 0.25) is 11.8 Å². The molecule has 0 aliphatic carbocycles. The molecule has 2 aromatic heterocycles. The first-order chi connectivity index (χ1) is 19.5. The van der Waals surface area contributed by atoms with Crippen LogP contribution in [0.3, 0.4) is 0 Å². The van der Waals surface area contributed by atoms with Crippen molar-refractivity contribution >= 4 is 31.9 Å². The van der Waals surface area contributed by atoms with Crippen molar-refractivity contribution in [2.45, 2.75) is 13.1 Å². The Hall–Kier alpha value is -2.86. The van der Waals surface area contributed by atoms with Crippen molar-refractivity contribution in [2.24, 2.45) is 0 Å². The van der Waals surface area contributed by atoms with Gasteiger partial charge in [-0.05, 0) is 55.1 Å². The van der Waals surface area contributed by atoms with Crippen LogP contribution in [0.25, 0.3) is 33.6 Å². The van der Waals surface area contributed by atoms with E-state index in [4.69, 9.17) is 29.7 Å². The summed E-state index contributed by atoms with van der Waals surface area (Å²) in [6.07, 6.45) is 0. The molecule has 40 heavy (non-hydrogen) atoms. The van der Waals surface area contributed by atoms with Crippen LogP contribution in [-0.2, 0) is 13.1 Å². The van der Waals surface area contributed by atoms with Gasteiger partial charge in [-0.1, -0.05) is 48.5 Å². The van der Waals surface area contributed by atoms with Gasteiger partial charge in [0.05, 0.1) is 38.8 Å². The van der Waals surface area contributed by atoms with Gasteiger partial charge in [-0.2, -0.15) is 0 Å². The van der Waals surface area contributed by atoms with E-state index in [1.165, 1.54) is 0 Å². The van der Waals surface area contributed by atoms with Gasteiger partial charge in [0.1, 0.15) is 0 Å². The highest BCUT2D eigenvalue weighted by atomic mass is 79.9. The maximum absolute atomic E-state index is 9.05. The molecule has 0 unspecified atom stereocenters. The van der Waals surface area contributed by atoms with Crippen LogP contribution in [0, 0.1) is 0 Å². The number of rotatable bonds is 13. The van der Waals surface area contributed by atoms with Gasteiger partial charge in [0.15, 0.2) is 0 Å². The molecule has 2 aromatic carbocycles. The number of ether oxygens (including phenoxy) is 2. The molecule has 4 aromatic rings. The van der Waals surface area contributed by atoms with Crippen LogP contribution >= 0.6 is 31.9 Å². The number of aliphatic hydroxyl groups excluding tert-OH is 2. The Labute approximate surface area is 251 Å². The van der Waals surface area contributed by atoms with Gasteiger partial charge >= 0.3 is 0 Å². The van der Waals surface area contributed by atoms with E-state index in [1.807, 2.05) is 48.5 Å². The third-order valence-corrected chi connectivity index (χ3v) is 8.02. The first kappa shape index (κ1) is 30.1. The molecular weight excluding hydrogens is 640 g/mol. The predicted octanol–water partition coefficient (Wildman–Crippen LogP) is 5.18. The smallest absolute Gasteiger partial charge is 0.218 e. The molecule has 0 spiro atoms. The average Bonchev–Trinajstić information content (AvgIpc) is 2.98. The van der Waals surface area contributed by atoms with Crippen molar-refractivity contribution in [1.82, 2.24) is 20.6 Å². The molecule has 0 radical (unpaired) electrons. The zero-order valence-electron chi connectivity index (χ0n) is 22.4. The molecule has 4 N–H and O–H groups in total. The summed E-state index contributed by atoms with van der Waals surface area (Å²) in [4.78, 5) is 9.54. The molecule has 2 heterocycles. The highest BCUT2D eigenvalue weighted by molar-refractivity contribution is 9.11. The van der Waals surface area contributed by atoms with Crippen molar-refractivity contribution in [2.75, 3.05) is 40.5 Å². The molecule has 0 bridgehead atoms. The summed E-state index contributed by atoms with van der Waals surface area (Å²) < 4.78 is 12.9. The minimum atomic E-state index is 0.0716. The molecular formula is C30H32Br2N4O4. The fourth-order valence-corrected chi connectivity index (χ4v) is 5.70. The standard InChI is InChI=1S/C30H32Br2N4O4/c1-39-29-19(17-33-13-15-37)9-11-25(35-29)23-7-3-5-21(27(23)31)22-6-4-8-24(28(22)32)26-12-10-20(18-34-14-16-38)30(36-26)40-2/h3-12,33-34,37-38H,13-18H2,1-2H3. The topological polar surface area (TPSA) is 109 Å². The molecule has 10 heteroatoms. The van der Waals surface area contributed by atoms with Crippen LogP contribution in [0.4, 0.5) is 0 Å². The van der Waals surface area contributed by atoms with E-state index in [0.29, 0.717) is 37.9 Å². The average molecular weight is 672 g/mol. The molecule has 4 rings (SSSR count). The van der Waals surface area contributed by atoms with Gasteiger partial charge in [-0.3, -0.25) is 0 Å². The van der Waals surface area contributed by atoms with Gasteiger partial charge in [-0.15, -0.1) is 0 Å². The second-order valence-corrected chi connectivity index (χ2v) is 10.5. The van der Waals surface area contributed by atoms with Crippen LogP contribution in [-0.4, -0.2) is 60.7 Å². The Bertz CT molecular complexity index is 1340. The summed E-state index contributed by atoms with van der Waals surface area (Å²) in [5.41, 5.74) is 7.25. The fraction of sp³-hybridized carbons (Fsp3) is 0.267. The van der Waals surface area contributed by atoms with Crippen molar-refractivity contribution in [3.8, 4) is 45.4 Å². The van der Waals surface area contributed by atoms with Crippen LogP contribution in [0.15, 0.2) is 69.6 Å². The fourth-order valence-electron chi connectivity index (χ4n) is 4.34. The summed E-state index contributed by atoms with van der Waals surface area (Å²) in [6, 6.07) is 20.1. The Kier molecular flexibility index (Phi) is 11.0. The molecule has 210 valence electrons. The Morgan fingerprint density at radius 1 is 0.625 bits per heavy atom. The Balaban J connectivity index is 1.69. The van der Waals surface area contributed by atoms with Crippen molar-refractivity contribution in [3.05, 3.63) is 80.7 Å². The largest absolute Gasteiger partial charge is 0.481 e. The minimum Gasteiger partial charge on any atom is -0.481 e. The number of hydrogen-bond donors (Lipinski definition) is 4. The molecule has 0 fully saturated rings. The lowest BCUT2D eigenvalue weighted by atomic mass is 9.98. The quantitative estimate of drug-likeness (QED) is 0.144. The van der Waals surface area contributed by atoms with E-state index < -0.39 is 0 Å². The molecule has 0 saturated carbocycles. The highest BCUT2D eigenvalue weighted by Gasteiger charge is 2.18. The summed E-state index contributed by atoms with van der Waals surface area (Å²) in [7, 11) is 3.22. The number of nitrogens with one attached hydrogen (secondary N) is 2. The SMILES string of the molecule is COc1nc(-c2cccc(-c3cccc(-c4ccc(CNCCO)c(OC)n4)c3Br)c2Br)ccc1CNCCO. The first-order valence-electron chi connectivity index (χ1n) is 12.8. The Morgan fingerprint density at radius 2 is 1.02 bits per heavy atom. The van der Waals surface area contributed by atoms with Gasteiger partial charge in [0, 0.05) is 57.4 Å². The molecule has 0 amide bonds. The van der Waals surface area contributed by atoms with Crippen LogP contribution in [0.5, 0.6) is 11.8 Å². The molecule has 0 saturated heterocycles. The second kappa shape index (κ2) is 14.7. The number of aromatic nitrogens is 2. The van der Waals surface area contributed by atoms with E-state index in [1.54, 1.807) is 14.2 Å². The maximum atomic E-state index is 9.05. The number of benzene rings is 2. The highest BCUT2D eigenvalue weighted by Crippen LogP contribution is 2.42. The molecule has 8 nitrogen and oxygen atoms in total. The van der Waals surface area contributed by atoms with Gasteiger partial charge < -0.3 is 30.3 Å². The molecule has 0 aliphatic rings. The maximum Gasteiger partial charge on any atom is 0.218 e. The zero-order valence-corrected chi connectivity index (χ0v) is 25.5. The van der Waals surface area contributed by atoms with E-state index in [9.17, 15) is 0 Å².